The molecule has 102 valence electrons. The largest absolute Gasteiger partial charge is 0.326 e. The van der Waals surface area contributed by atoms with Crippen molar-refractivity contribution in [2.24, 2.45) is 11.7 Å². The van der Waals surface area contributed by atoms with Crippen LogP contribution in [0, 0.1) is 12.8 Å². The maximum Gasteiger partial charge on any atom is 0.0496 e. The Morgan fingerprint density at radius 1 is 1.28 bits per heavy atom. The molecule has 0 fully saturated rings. The summed E-state index contributed by atoms with van der Waals surface area (Å²) in [5.41, 5.74) is 8.98. The molecule has 2 atom stereocenters. The van der Waals surface area contributed by atoms with E-state index in [2.05, 4.69) is 63.9 Å². The molecule has 0 aromatic heterocycles. The Hall–Kier alpha value is -0.860. The summed E-state index contributed by atoms with van der Waals surface area (Å²) in [4.78, 5) is 2.40. The predicted molar refractivity (Wildman–Crippen MR) is 79.7 cm³/mol. The zero-order valence-electron chi connectivity index (χ0n) is 12.5. The second-order valence-electron chi connectivity index (χ2n) is 5.76. The van der Waals surface area contributed by atoms with Crippen LogP contribution in [0.2, 0.25) is 0 Å². The molecule has 1 rings (SSSR count). The molecule has 0 aliphatic heterocycles. The van der Waals surface area contributed by atoms with E-state index in [1.165, 1.54) is 11.1 Å². The van der Waals surface area contributed by atoms with Crippen LogP contribution in [0.4, 0.5) is 0 Å². The second kappa shape index (κ2) is 6.91. The van der Waals surface area contributed by atoms with Gasteiger partial charge in [-0.05, 0) is 31.9 Å². The number of nitrogens with two attached hydrogens (primary N) is 1. The third-order valence-electron chi connectivity index (χ3n) is 3.39. The summed E-state index contributed by atoms with van der Waals surface area (Å²) in [5.74, 6) is 0.659. The van der Waals surface area contributed by atoms with Gasteiger partial charge in [-0.25, -0.2) is 0 Å². The molecule has 2 N–H and O–H groups in total. The van der Waals surface area contributed by atoms with Crippen molar-refractivity contribution in [1.82, 2.24) is 4.90 Å². The van der Waals surface area contributed by atoms with Crippen LogP contribution in [0.15, 0.2) is 24.3 Å². The molecule has 0 spiro atoms. The first-order valence-electron chi connectivity index (χ1n) is 6.98. The molecule has 0 aliphatic rings. The van der Waals surface area contributed by atoms with Gasteiger partial charge in [-0.2, -0.15) is 0 Å². The van der Waals surface area contributed by atoms with Crippen molar-refractivity contribution in [2.45, 2.75) is 46.2 Å². The molecule has 0 heterocycles. The molecule has 1 aromatic rings. The van der Waals surface area contributed by atoms with Crippen LogP contribution in [-0.4, -0.2) is 24.5 Å². The van der Waals surface area contributed by atoms with Crippen LogP contribution in [0.3, 0.4) is 0 Å². The highest BCUT2D eigenvalue weighted by atomic mass is 15.1. The molecule has 2 nitrogen and oxygen atoms in total. The standard InChI is InChI=1S/C16H28N2/c1-6-15(17)16(18(5)11-12(2)3)14-9-7-8-13(4)10-14/h7-10,12,15-16H,6,11,17H2,1-5H3. The first-order valence-corrected chi connectivity index (χ1v) is 6.98. The lowest BCUT2D eigenvalue weighted by Gasteiger charge is -2.34. The van der Waals surface area contributed by atoms with Gasteiger partial charge < -0.3 is 5.73 Å². The highest BCUT2D eigenvalue weighted by molar-refractivity contribution is 5.26. The number of benzene rings is 1. The topological polar surface area (TPSA) is 29.3 Å². The van der Waals surface area contributed by atoms with Crippen molar-refractivity contribution >= 4 is 0 Å². The lowest BCUT2D eigenvalue weighted by molar-refractivity contribution is 0.189. The van der Waals surface area contributed by atoms with Gasteiger partial charge in [0.15, 0.2) is 0 Å². The monoisotopic (exact) mass is 248 g/mol. The normalized spacial score (nSPS) is 15.1. The summed E-state index contributed by atoms with van der Waals surface area (Å²) >= 11 is 0. The molecule has 0 bridgehead atoms. The molecule has 0 aliphatic carbocycles. The van der Waals surface area contributed by atoms with Crippen LogP contribution in [0.5, 0.6) is 0 Å². The van der Waals surface area contributed by atoms with Crippen molar-refractivity contribution in [3.8, 4) is 0 Å². The van der Waals surface area contributed by atoms with Gasteiger partial charge in [0.25, 0.3) is 0 Å². The lowest BCUT2D eigenvalue weighted by Crippen LogP contribution is -2.40. The molecule has 0 radical (unpaired) electrons. The minimum absolute atomic E-state index is 0.190. The molecular formula is C16H28N2. The van der Waals surface area contributed by atoms with Gasteiger partial charge in [0.2, 0.25) is 0 Å². The molecule has 2 unspecified atom stereocenters. The van der Waals surface area contributed by atoms with E-state index in [9.17, 15) is 0 Å². The Balaban J connectivity index is 2.97. The van der Waals surface area contributed by atoms with E-state index in [1.807, 2.05) is 0 Å². The number of hydrogen-bond acceptors (Lipinski definition) is 2. The average molecular weight is 248 g/mol. The van der Waals surface area contributed by atoms with Gasteiger partial charge in [0, 0.05) is 18.6 Å². The van der Waals surface area contributed by atoms with Gasteiger partial charge in [-0.3, -0.25) is 4.90 Å². The number of nitrogens with zero attached hydrogens (tertiary/aromatic N) is 1. The van der Waals surface area contributed by atoms with Gasteiger partial charge in [0.05, 0.1) is 0 Å². The predicted octanol–water partition coefficient (Wildman–Crippen LogP) is 3.36. The molecule has 0 saturated carbocycles. The van der Waals surface area contributed by atoms with Crippen molar-refractivity contribution in [3.05, 3.63) is 35.4 Å². The summed E-state index contributed by atoms with van der Waals surface area (Å²) in [6.07, 6.45) is 1.00. The Labute approximate surface area is 112 Å². The van der Waals surface area contributed by atoms with E-state index >= 15 is 0 Å². The quantitative estimate of drug-likeness (QED) is 0.836. The van der Waals surface area contributed by atoms with Gasteiger partial charge in [-0.1, -0.05) is 50.6 Å². The average Bonchev–Trinajstić information content (AvgIpc) is 2.28. The van der Waals surface area contributed by atoms with Gasteiger partial charge in [-0.15, -0.1) is 0 Å². The van der Waals surface area contributed by atoms with Crippen molar-refractivity contribution < 1.29 is 0 Å². The minimum Gasteiger partial charge on any atom is -0.326 e. The van der Waals surface area contributed by atoms with E-state index in [0.717, 1.165) is 13.0 Å². The van der Waals surface area contributed by atoms with Crippen LogP contribution in [0.1, 0.15) is 44.4 Å². The van der Waals surface area contributed by atoms with E-state index in [4.69, 9.17) is 5.73 Å². The maximum atomic E-state index is 6.33. The van der Waals surface area contributed by atoms with Crippen LogP contribution < -0.4 is 5.73 Å². The second-order valence-corrected chi connectivity index (χ2v) is 5.76. The minimum atomic E-state index is 0.190. The van der Waals surface area contributed by atoms with Crippen LogP contribution in [0.25, 0.3) is 0 Å². The molecule has 0 saturated heterocycles. The molecule has 18 heavy (non-hydrogen) atoms. The fourth-order valence-corrected chi connectivity index (χ4v) is 2.60. The molecule has 0 amide bonds. The molecule has 1 aromatic carbocycles. The summed E-state index contributed by atoms with van der Waals surface area (Å²) < 4.78 is 0. The maximum absolute atomic E-state index is 6.33. The summed E-state index contributed by atoms with van der Waals surface area (Å²) in [6, 6.07) is 9.23. The van der Waals surface area contributed by atoms with Gasteiger partial charge in [0.1, 0.15) is 0 Å². The number of aryl methyl sites for hydroxylation is 1. The number of rotatable bonds is 6. The summed E-state index contributed by atoms with van der Waals surface area (Å²) in [7, 11) is 2.18. The van der Waals surface area contributed by atoms with Crippen molar-refractivity contribution in [3.63, 3.8) is 0 Å². The summed E-state index contributed by atoms with van der Waals surface area (Å²) in [6.45, 7) is 9.88. The van der Waals surface area contributed by atoms with E-state index in [0.29, 0.717) is 12.0 Å². The number of hydrogen-bond donors (Lipinski definition) is 1. The summed E-state index contributed by atoms with van der Waals surface area (Å²) in [5, 5.41) is 0. The highest BCUT2D eigenvalue weighted by Gasteiger charge is 2.23. The first kappa shape index (κ1) is 15.2. The van der Waals surface area contributed by atoms with Gasteiger partial charge >= 0.3 is 0 Å². The van der Waals surface area contributed by atoms with Crippen molar-refractivity contribution in [2.75, 3.05) is 13.6 Å². The fraction of sp³-hybridized carbons (Fsp3) is 0.625. The SMILES string of the molecule is CCC(N)C(c1cccc(C)c1)N(C)CC(C)C. The fourth-order valence-electron chi connectivity index (χ4n) is 2.60. The van der Waals surface area contributed by atoms with Crippen LogP contribution in [-0.2, 0) is 0 Å². The zero-order valence-corrected chi connectivity index (χ0v) is 12.5. The zero-order chi connectivity index (χ0) is 13.7. The van der Waals surface area contributed by atoms with Crippen molar-refractivity contribution in [1.29, 1.82) is 0 Å². The first-order chi connectivity index (χ1) is 8.45. The van der Waals surface area contributed by atoms with E-state index in [1.54, 1.807) is 0 Å². The highest BCUT2D eigenvalue weighted by Crippen LogP contribution is 2.25. The third kappa shape index (κ3) is 4.11. The Morgan fingerprint density at radius 3 is 2.44 bits per heavy atom. The Kier molecular flexibility index (Phi) is 5.83. The Morgan fingerprint density at radius 2 is 1.94 bits per heavy atom. The lowest BCUT2D eigenvalue weighted by atomic mass is 9.95. The Bertz CT molecular complexity index is 360. The smallest absolute Gasteiger partial charge is 0.0496 e. The van der Waals surface area contributed by atoms with E-state index in [-0.39, 0.29) is 6.04 Å². The van der Waals surface area contributed by atoms with E-state index < -0.39 is 0 Å². The third-order valence-corrected chi connectivity index (χ3v) is 3.39. The molecule has 2 heteroatoms. The number of likely N-dealkylation sites (N-methyl/N-ethyl adjacent to an activating group) is 1. The molecular weight excluding hydrogens is 220 g/mol. The van der Waals surface area contributed by atoms with Crippen LogP contribution >= 0.6 is 0 Å².